The van der Waals surface area contributed by atoms with Crippen molar-refractivity contribution in [2.45, 2.75) is 20.0 Å². The summed E-state index contributed by atoms with van der Waals surface area (Å²) in [6.07, 6.45) is 4.66. The van der Waals surface area contributed by atoms with Gasteiger partial charge in [0.1, 0.15) is 16.8 Å². The molecule has 0 radical (unpaired) electrons. The van der Waals surface area contributed by atoms with E-state index in [1.165, 1.54) is 11.3 Å². The predicted molar refractivity (Wildman–Crippen MR) is 45.4 cm³/mol. The minimum absolute atomic E-state index is 0.513. The van der Waals surface area contributed by atoms with Gasteiger partial charge in [0.25, 0.3) is 0 Å². The summed E-state index contributed by atoms with van der Waals surface area (Å²) >= 11 is 1.44. The first-order valence-corrected chi connectivity index (χ1v) is 4.08. The molecule has 0 aliphatic heterocycles. The minimum atomic E-state index is -0.513. The fourth-order valence-electron chi connectivity index (χ4n) is 0.730. The van der Waals surface area contributed by atoms with Crippen molar-refractivity contribution in [3.8, 4) is 12.3 Å². The van der Waals surface area contributed by atoms with Crippen LogP contribution in [0.25, 0.3) is 0 Å². The molecule has 1 unspecified atom stereocenters. The number of nitrogens with zero attached hydrogens (tertiary/aromatic N) is 1. The van der Waals surface area contributed by atoms with E-state index in [-0.39, 0.29) is 0 Å². The number of aliphatic hydroxyl groups is 1. The summed E-state index contributed by atoms with van der Waals surface area (Å²) in [5.41, 5.74) is 0.644. The molecule has 1 rings (SSSR count). The number of aryl methyl sites for hydroxylation is 1. The van der Waals surface area contributed by atoms with E-state index in [0.29, 0.717) is 10.7 Å². The van der Waals surface area contributed by atoms with E-state index in [4.69, 9.17) is 11.5 Å². The Morgan fingerprint density at radius 1 is 1.73 bits per heavy atom. The van der Waals surface area contributed by atoms with E-state index in [1.807, 2.05) is 6.92 Å². The highest BCUT2D eigenvalue weighted by molar-refractivity contribution is 7.11. The van der Waals surface area contributed by atoms with Crippen LogP contribution in [0.15, 0.2) is 0 Å². The molecule has 2 nitrogen and oxygen atoms in total. The van der Waals surface area contributed by atoms with E-state index in [2.05, 4.69) is 10.9 Å². The van der Waals surface area contributed by atoms with Gasteiger partial charge in [-0.2, -0.15) is 0 Å². The predicted octanol–water partition coefficient (Wildman–Crippen LogP) is 1.49. The zero-order valence-electron chi connectivity index (χ0n) is 6.46. The molecule has 0 aromatic carbocycles. The summed E-state index contributed by atoms with van der Waals surface area (Å²) < 4.78 is 0. The Labute approximate surface area is 69.9 Å². The monoisotopic (exact) mass is 167 g/mol. The molecule has 0 saturated heterocycles. The number of aromatic nitrogens is 1. The first-order valence-electron chi connectivity index (χ1n) is 3.27. The van der Waals surface area contributed by atoms with E-state index in [1.54, 1.807) is 6.92 Å². The summed E-state index contributed by atoms with van der Waals surface area (Å²) in [5, 5.41) is 9.83. The quantitative estimate of drug-likeness (QED) is 0.643. The van der Waals surface area contributed by atoms with Crippen molar-refractivity contribution in [1.82, 2.24) is 4.98 Å². The number of hydrogen-bond donors (Lipinski definition) is 1. The molecular formula is C8H9NOS. The zero-order chi connectivity index (χ0) is 8.43. The summed E-state index contributed by atoms with van der Waals surface area (Å²) in [6.45, 7) is 3.58. The van der Waals surface area contributed by atoms with Crippen LogP contribution in [0.4, 0.5) is 0 Å². The molecule has 1 aromatic rings. The summed E-state index contributed by atoms with van der Waals surface area (Å²) in [7, 11) is 0. The maximum absolute atomic E-state index is 9.14. The van der Waals surface area contributed by atoms with Crippen LogP contribution in [0.1, 0.15) is 28.6 Å². The molecule has 11 heavy (non-hydrogen) atoms. The Hall–Kier alpha value is -0.850. The average Bonchev–Trinajstić information content (AvgIpc) is 2.31. The lowest BCUT2D eigenvalue weighted by Gasteiger charge is -1.94. The Bertz CT molecular complexity index is 296. The fraction of sp³-hybridized carbons (Fsp3) is 0.375. The minimum Gasteiger partial charge on any atom is -0.386 e. The van der Waals surface area contributed by atoms with E-state index < -0.39 is 6.10 Å². The average molecular weight is 167 g/mol. The van der Waals surface area contributed by atoms with Gasteiger partial charge in [-0.15, -0.1) is 17.8 Å². The molecule has 58 valence electrons. The van der Waals surface area contributed by atoms with Gasteiger partial charge < -0.3 is 5.11 Å². The number of terminal acetylenes is 1. The molecule has 1 N–H and O–H groups in total. The first kappa shape index (κ1) is 8.25. The lowest BCUT2D eigenvalue weighted by atomic mass is 10.4. The van der Waals surface area contributed by atoms with Crippen molar-refractivity contribution in [3.63, 3.8) is 0 Å². The van der Waals surface area contributed by atoms with Crippen LogP contribution >= 0.6 is 11.3 Å². The van der Waals surface area contributed by atoms with Gasteiger partial charge in [-0.3, -0.25) is 0 Å². The Morgan fingerprint density at radius 3 is 2.64 bits per heavy atom. The van der Waals surface area contributed by atoms with Crippen LogP contribution in [0, 0.1) is 19.3 Å². The zero-order valence-corrected chi connectivity index (χ0v) is 7.27. The van der Waals surface area contributed by atoms with Crippen LogP contribution in [0.2, 0.25) is 0 Å². The van der Waals surface area contributed by atoms with Crippen LogP contribution in [-0.2, 0) is 0 Å². The number of thiazole rings is 1. The number of rotatable bonds is 1. The Morgan fingerprint density at radius 2 is 2.36 bits per heavy atom. The summed E-state index contributed by atoms with van der Waals surface area (Å²) in [5.74, 6) is 2.46. The molecule has 0 aliphatic carbocycles. The molecule has 1 atom stereocenters. The molecule has 0 bridgehead atoms. The largest absolute Gasteiger partial charge is 0.386 e. The van der Waals surface area contributed by atoms with Crippen LogP contribution in [0.5, 0.6) is 0 Å². The van der Waals surface area contributed by atoms with Crippen molar-refractivity contribution >= 4 is 11.3 Å². The molecule has 0 amide bonds. The highest BCUT2D eigenvalue weighted by atomic mass is 32.1. The first-order chi connectivity index (χ1) is 5.15. The highest BCUT2D eigenvalue weighted by Crippen LogP contribution is 2.21. The van der Waals surface area contributed by atoms with E-state index in [9.17, 15) is 0 Å². The van der Waals surface area contributed by atoms with Crippen molar-refractivity contribution in [2.24, 2.45) is 0 Å². The van der Waals surface area contributed by atoms with Crippen molar-refractivity contribution in [2.75, 3.05) is 0 Å². The Balaban J connectivity index is 3.07. The number of hydrogen-bond acceptors (Lipinski definition) is 3. The lowest BCUT2D eigenvalue weighted by molar-refractivity contribution is 0.198. The van der Waals surface area contributed by atoms with Crippen LogP contribution in [-0.4, -0.2) is 10.1 Å². The lowest BCUT2D eigenvalue weighted by Crippen LogP contribution is -1.88. The van der Waals surface area contributed by atoms with Crippen molar-refractivity contribution in [1.29, 1.82) is 0 Å². The van der Waals surface area contributed by atoms with Gasteiger partial charge >= 0.3 is 0 Å². The van der Waals surface area contributed by atoms with Gasteiger partial charge in [-0.05, 0) is 19.8 Å². The van der Waals surface area contributed by atoms with Gasteiger partial charge in [0.05, 0.1) is 0 Å². The van der Waals surface area contributed by atoms with Gasteiger partial charge in [0, 0.05) is 4.88 Å². The topological polar surface area (TPSA) is 33.1 Å². The second-order valence-corrected chi connectivity index (χ2v) is 3.51. The molecular weight excluding hydrogens is 158 g/mol. The SMILES string of the molecule is C#Cc1nc(C(C)O)sc1C. The molecule has 0 aliphatic rings. The third-order valence-electron chi connectivity index (χ3n) is 1.31. The third kappa shape index (κ3) is 1.59. The second kappa shape index (κ2) is 3.04. The normalized spacial score (nSPS) is 12.5. The molecule has 3 heteroatoms. The van der Waals surface area contributed by atoms with Crippen LogP contribution in [0.3, 0.4) is 0 Å². The molecule has 1 heterocycles. The summed E-state index contributed by atoms with van der Waals surface area (Å²) in [4.78, 5) is 5.05. The van der Waals surface area contributed by atoms with Crippen molar-refractivity contribution in [3.05, 3.63) is 15.6 Å². The highest BCUT2D eigenvalue weighted by Gasteiger charge is 2.08. The van der Waals surface area contributed by atoms with E-state index >= 15 is 0 Å². The second-order valence-electron chi connectivity index (χ2n) is 2.28. The smallest absolute Gasteiger partial charge is 0.127 e. The fourth-order valence-corrected chi connectivity index (χ4v) is 1.55. The van der Waals surface area contributed by atoms with Crippen LogP contribution < -0.4 is 0 Å². The van der Waals surface area contributed by atoms with Gasteiger partial charge in [-0.25, -0.2) is 4.98 Å². The standard InChI is InChI=1S/C8H9NOS/c1-4-7-6(3)11-8(9-7)5(2)10/h1,5,10H,2-3H3. The maximum atomic E-state index is 9.14. The van der Waals surface area contributed by atoms with Gasteiger partial charge in [0.15, 0.2) is 0 Å². The molecule has 0 fully saturated rings. The van der Waals surface area contributed by atoms with Crippen molar-refractivity contribution < 1.29 is 5.11 Å². The molecule has 0 spiro atoms. The number of aliphatic hydroxyl groups excluding tert-OH is 1. The Kier molecular flexibility index (Phi) is 2.28. The maximum Gasteiger partial charge on any atom is 0.127 e. The van der Waals surface area contributed by atoms with Gasteiger partial charge in [0.2, 0.25) is 0 Å². The van der Waals surface area contributed by atoms with E-state index in [0.717, 1.165) is 4.88 Å². The third-order valence-corrected chi connectivity index (χ3v) is 2.45. The van der Waals surface area contributed by atoms with Gasteiger partial charge in [-0.1, -0.05) is 0 Å². The summed E-state index contributed by atoms with van der Waals surface area (Å²) in [6, 6.07) is 0. The molecule has 0 saturated carbocycles. The molecule has 1 aromatic heterocycles.